The van der Waals surface area contributed by atoms with Gasteiger partial charge in [0.05, 0.1) is 4.90 Å². The molecular formula is C16H14N2O4S. The lowest BCUT2D eigenvalue weighted by atomic mass is 10.2. The van der Waals surface area contributed by atoms with Crippen molar-refractivity contribution in [3.8, 4) is 0 Å². The third-order valence-corrected chi connectivity index (χ3v) is 5.17. The van der Waals surface area contributed by atoms with Crippen molar-refractivity contribution in [3.63, 3.8) is 0 Å². The number of imidazole rings is 1. The van der Waals surface area contributed by atoms with Gasteiger partial charge in [-0.2, -0.15) is 0 Å². The van der Waals surface area contributed by atoms with Crippen LogP contribution in [-0.2, 0) is 15.6 Å². The van der Waals surface area contributed by atoms with E-state index in [4.69, 9.17) is 4.42 Å². The number of nitrogens with zero attached hydrogens (tertiary/aromatic N) is 2. The molecule has 6 nitrogen and oxygen atoms in total. The Hall–Kier alpha value is -2.67. The molecule has 0 saturated heterocycles. The monoisotopic (exact) mass is 330 g/mol. The highest BCUT2D eigenvalue weighted by molar-refractivity contribution is 7.90. The summed E-state index contributed by atoms with van der Waals surface area (Å²) in [7, 11) is -3.53. The second kappa shape index (κ2) is 5.85. The Morgan fingerprint density at radius 1 is 1.22 bits per heavy atom. The van der Waals surface area contributed by atoms with Crippen LogP contribution in [0.4, 0.5) is 0 Å². The molecule has 0 N–H and O–H groups in total. The smallest absolute Gasteiger partial charge is 0.298 e. The van der Waals surface area contributed by atoms with Crippen LogP contribution >= 0.6 is 0 Å². The van der Waals surface area contributed by atoms with Crippen LogP contribution in [0.5, 0.6) is 0 Å². The van der Waals surface area contributed by atoms with Gasteiger partial charge < -0.3 is 4.42 Å². The van der Waals surface area contributed by atoms with E-state index in [1.807, 2.05) is 0 Å². The summed E-state index contributed by atoms with van der Waals surface area (Å²) in [4.78, 5) is 16.1. The molecule has 0 spiro atoms. The Morgan fingerprint density at radius 2 is 2.00 bits per heavy atom. The molecule has 0 fully saturated rings. The van der Waals surface area contributed by atoms with Crippen LogP contribution in [0.3, 0.4) is 0 Å². The van der Waals surface area contributed by atoms with Gasteiger partial charge in [0, 0.05) is 12.4 Å². The highest BCUT2D eigenvalue weighted by Gasteiger charge is 2.21. The van der Waals surface area contributed by atoms with Crippen LogP contribution in [0.15, 0.2) is 64.4 Å². The summed E-state index contributed by atoms with van der Waals surface area (Å²) in [6.45, 7) is 1.74. The topological polar surface area (TPSA) is 82.2 Å². The molecule has 0 bridgehead atoms. The van der Waals surface area contributed by atoms with Gasteiger partial charge >= 0.3 is 0 Å². The number of aromatic nitrogens is 2. The molecule has 3 rings (SSSR count). The fourth-order valence-electron chi connectivity index (χ4n) is 2.25. The molecular weight excluding hydrogens is 316 g/mol. The van der Waals surface area contributed by atoms with Crippen molar-refractivity contribution in [1.29, 1.82) is 0 Å². The van der Waals surface area contributed by atoms with E-state index in [0.29, 0.717) is 5.56 Å². The normalized spacial score (nSPS) is 11.5. The fraction of sp³-hybridized carbons (Fsp3) is 0.125. The highest BCUT2D eigenvalue weighted by Crippen LogP contribution is 2.21. The Balaban J connectivity index is 1.85. The quantitative estimate of drug-likeness (QED) is 0.734. The van der Waals surface area contributed by atoms with Crippen molar-refractivity contribution >= 4 is 15.7 Å². The van der Waals surface area contributed by atoms with Crippen LogP contribution in [0.1, 0.15) is 21.9 Å². The molecule has 0 amide bonds. The van der Waals surface area contributed by atoms with Crippen molar-refractivity contribution in [2.24, 2.45) is 0 Å². The second-order valence-corrected chi connectivity index (χ2v) is 7.02. The van der Waals surface area contributed by atoms with E-state index in [1.54, 1.807) is 31.2 Å². The van der Waals surface area contributed by atoms with Gasteiger partial charge in [0.1, 0.15) is 17.8 Å². The molecule has 0 saturated carbocycles. The molecule has 23 heavy (non-hydrogen) atoms. The molecule has 0 aliphatic heterocycles. The van der Waals surface area contributed by atoms with E-state index < -0.39 is 15.7 Å². The summed E-state index contributed by atoms with van der Waals surface area (Å²) in [5, 5.41) is 0. The number of aryl methyl sites for hydroxylation is 1. The molecule has 7 heteroatoms. The number of sulfone groups is 1. The summed E-state index contributed by atoms with van der Waals surface area (Å²) in [5.74, 6) is -0.411. The first-order chi connectivity index (χ1) is 11.0. The zero-order chi connectivity index (χ0) is 16.4. The number of furan rings is 1. The zero-order valence-corrected chi connectivity index (χ0v) is 13.2. The predicted octanol–water partition coefficient (Wildman–Crippen LogP) is 2.45. The number of benzene rings is 1. The van der Waals surface area contributed by atoms with Crippen molar-refractivity contribution in [1.82, 2.24) is 9.55 Å². The lowest BCUT2D eigenvalue weighted by molar-refractivity contribution is 0.0930. The van der Waals surface area contributed by atoms with Gasteiger partial charge in [-0.1, -0.05) is 18.2 Å². The van der Waals surface area contributed by atoms with Gasteiger partial charge in [-0.25, -0.2) is 13.4 Å². The minimum absolute atomic E-state index is 0.0676. The van der Waals surface area contributed by atoms with Crippen LogP contribution < -0.4 is 0 Å². The maximum Gasteiger partial charge on any atom is 0.298 e. The standard InChI is InChI=1S/C16H14N2O4S/c1-12-4-2-3-5-15(12)23(20,21)10-13-6-7-14(22-13)16(19)18-9-8-17-11-18/h2-9,11H,10H2,1H3. The molecule has 2 heterocycles. The average Bonchev–Trinajstić information content (AvgIpc) is 3.17. The van der Waals surface area contributed by atoms with Gasteiger partial charge in [0.25, 0.3) is 5.91 Å². The number of rotatable bonds is 4. The van der Waals surface area contributed by atoms with Gasteiger partial charge in [-0.15, -0.1) is 0 Å². The first-order valence-corrected chi connectivity index (χ1v) is 8.52. The van der Waals surface area contributed by atoms with Crippen molar-refractivity contribution < 1.29 is 17.6 Å². The number of hydrogen-bond acceptors (Lipinski definition) is 5. The summed E-state index contributed by atoms with van der Waals surface area (Å²) in [6.07, 6.45) is 4.33. The highest BCUT2D eigenvalue weighted by atomic mass is 32.2. The summed E-state index contributed by atoms with van der Waals surface area (Å²) in [6, 6.07) is 9.72. The average molecular weight is 330 g/mol. The molecule has 3 aromatic rings. The number of carbonyl (C=O) groups is 1. The number of carbonyl (C=O) groups excluding carboxylic acids is 1. The van der Waals surface area contributed by atoms with E-state index in [-0.39, 0.29) is 22.2 Å². The van der Waals surface area contributed by atoms with E-state index in [2.05, 4.69) is 4.98 Å². The van der Waals surface area contributed by atoms with E-state index in [0.717, 1.165) is 0 Å². The van der Waals surface area contributed by atoms with Crippen molar-refractivity contribution in [2.45, 2.75) is 17.6 Å². The summed E-state index contributed by atoms with van der Waals surface area (Å²) in [5.41, 5.74) is 0.675. The van der Waals surface area contributed by atoms with Crippen molar-refractivity contribution in [2.75, 3.05) is 0 Å². The largest absolute Gasteiger partial charge is 0.455 e. The number of hydrogen-bond donors (Lipinski definition) is 0. The Bertz CT molecular complexity index is 940. The third-order valence-electron chi connectivity index (χ3n) is 3.37. The SMILES string of the molecule is Cc1ccccc1S(=O)(=O)Cc1ccc(C(=O)n2ccnc2)o1. The van der Waals surface area contributed by atoms with Crippen LogP contribution in [0, 0.1) is 6.92 Å². The van der Waals surface area contributed by atoms with Crippen LogP contribution in [0.2, 0.25) is 0 Å². The lowest BCUT2D eigenvalue weighted by Crippen LogP contribution is -2.09. The Kier molecular flexibility index (Phi) is 3.87. The maximum atomic E-state index is 12.5. The van der Waals surface area contributed by atoms with E-state index in [1.165, 1.54) is 35.4 Å². The Labute approximate surface area is 133 Å². The molecule has 118 valence electrons. The first kappa shape index (κ1) is 15.2. The van der Waals surface area contributed by atoms with Crippen LogP contribution in [-0.4, -0.2) is 23.9 Å². The molecule has 2 aromatic heterocycles. The van der Waals surface area contributed by atoms with E-state index in [9.17, 15) is 13.2 Å². The van der Waals surface area contributed by atoms with Crippen LogP contribution in [0.25, 0.3) is 0 Å². The third kappa shape index (κ3) is 3.09. The molecule has 0 aliphatic carbocycles. The maximum absolute atomic E-state index is 12.5. The Morgan fingerprint density at radius 3 is 2.70 bits per heavy atom. The zero-order valence-electron chi connectivity index (χ0n) is 12.3. The second-order valence-electron chi connectivity index (χ2n) is 5.07. The van der Waals surface area contributed by atoms with Gasteiger partial charge in [0.2, 0.25) is 0 Å². The molecule has 0 unspecified atom stereocenters. The summed E-state index contributed by atoms with van der Waals surface area (Å²) < 4.78 is 31.6. The minimum Gasteiger partial charge on any atom is -0.455 e. The summed E-state index contributed by atoms with van der Waals surface area (Å²) >= 11 is 0. The van der Waals surface area contributed by atoms with E-state index >= 15 is 0 Å². The molecule has 0 aliphatic rings. The van der Waals surface area contributed by atoms with Gasteiger partial charge in [-0.05, 0) is 30.7 Å². The van der Waals surface area contributed by atoms with Gasteiger partial charge in [-0.3, -0.25) is 9.36 Å². The minimum atomic E-state index is -3.53. The molecule has 0 radical (unpaired) electrons. The lowest BCUT2D eigenvalue weighted by Gasteiger charge is -2.05. The van der Waals surface area contributed by atoms with Crippen molar-refractivity contribution in [3.05, 3.63) is 72.2 Å². The molecule has 0 atom stereocenters. The predicted molar refractivity (Wildman–Crippen MR) is 82.7 cm³/mol. The first-order valence-electron chi connectivity index (χ1n) is 6.87. The molecule has 1 aromatic carbocycles. The fourth-order valence-corrected chi connectivity index (χ4v) is 3.78. The van der Waals surface area contributed by atoms with Gasteiger partial charge in [0.15, 0.2) is 15.6 Å².